The Morgan fingerprint density at radius 3 is 1.26 bits per heavy atom. The summed E-state index contributed by atoms with van der Waals surface area (Å²) in [6, 6.07) is 0. The lowest BCUT2D eigenvalue weighted by atomic mass is 10.0. The molecule has 0 atom stereocenters. The number of hydrogen-bond acceptors (Lipinski definition) is 5. The molecule has 0 spiro atoms. The Labute approximate surface area is 194 Å². The molecule has 0 heterocycles. The van der Waals surface area contributed by atoms with E-state index in [1.54, 1.807) is 0 Å². The number of nitrogens with zero attached hydrogens (tertiary/aromatic N) is 1. The number of aliphatic hydroxyl groups is 1. The van der Waals surface area contributed by atoms with Gasteiger partial charge < -0.3 is 10.0 Å². The molecule has 0 amide bonds. The molecular weight excluding hydrogens is 414 g/mol. The predicted octanol–water partition coefficient (Wildman–Crippen LogP) is 6.39. The van der Waals surface area contributed by atoms with Crippen LogP contribution in [0.3, 0.4) is 0 Å². The van der Waals surface area contributed by atoms with Crippen molar-refractivity contribution in [3.8, 4) is 0 Å². The number of aliphatic hydroxyl groups excluding tert-OH is 1. The lowest BCUT2D eigenvalue weighted by Crippen LogP contribution is -2.25. The molecule has 0 aromatic carbocycles. The summed E-state index contributed by atoms with van der Waals surface area (Å²) in [6.07, 6.45) is 20.5. The third kappa shape index (κ3) is 32.1. The summed E-state index contributed by atoms with van der Waals surface area (Å²) in [5, 5.41) is 8.46. The van der Waals surface area contributed by atoms with E-state index in [1.165, 1.54) is 83.5 Å². The van der Waals surface area contributed by atoms with E-state index in [0.717, 1.165) is 32.5 Å². The Kier molecular flexibility index (Phi) is 27.7. The van der Waals surface area contributed by atoms with Crippen LogP contribution in [0.5, 0.6) is 0 Å². The quantitative estimate of drug-likeness (QED) is 0.142. The summed E-state index contributed by atoms with van der Waals surface area (Å²) < 4.78 is 33.3. The molecule has 0 saturated carbocycles. The number of unbranched alkanes of at least 4 members (excludes halogenated alkanes) is 15. The summed E-state index contributed by atoms with van der Waals surface area (Å²) in [5.74, 6) is 0. The van der Waals surface area contributed by atoms with Crippen molar-refractivity contribution in [2.45, 2.75) is 124 Å². The number of rotatable bonds is 22. The highest BCUT2D eigenvalue weighted by molar-refractivity contribution is 7.80. The second kappa shape index (κ2) is 26.0. The molecule has 0 aliphatic rings. The van der Waals surface area contributed by atoms with E-state index < -0.39 is 10.4 Å². The topological polar surface area (TPSA) is 87.1 Å². The molecule has 7 heteroatoms. The second-order valence-electron chi connectivity index (χ2n) is 8.30. The van der Waals surface area contributed by atoms with E-state index in [1.807, 2.05) is 0 Å². The third-order valence-corrected chi connectivity index (χ3v) is 6.01. The molecule has 0 bridgehead atoms. The smallest absolute Gasteiger partial charge is 0.395 e. The van der Waals surface area contributed by atoms with Crippen LogP contribution < -0.4 is 0 Å². The van der Waals surface area contributed by atoms with E-state index in [4.69, 9.17) is 9.66 Å². The monoisotopic (exact) mass is 467 g/mol. The Bertz CT molecular complexity index is 428. The minimum atomic E-state index is -4.24. The van der Waals surface area contributed by atoms with Gasteiger partial charge in [-0.25, -0.2) is 4.18 Å². The van der Waals surface area contributed by atoms with Crippen LogP contribution in [0.1, 0.15) is 124 Å². The van der Waals surface area contributed by atoms with Gasteiger partial charge in [-0.1, -0.05) is 117 Å². The Morgan fingerprint density at radius 1 is 0.645 bits per heavy atom. The van der Waals surface area contributed by atoms with Crippen molar-refractivity contribution >= 4 is 10.4 Å². The van der Waals surface area contributed by atoms with Crippen molar-refractivity contribution < 1.29 is 22.3 Å². The van der Waals surface area contributed by atoms with Crippen LogP contribution in [-0.4, -0.2) is 55.8 Å². The van der Waals surface area contributed by atoms with Gasteiger partial charge in [-0.05, 0) is 19.5 Å². The minimum absolute atomic E-state index is 0.0945. The first kappa shape index (κ1) is 33.0. The van der Waals surface area contributed by atoms with Gasteiger partial charge in [-0.2, -0.15) is 8.42 Å². The van der Waals surface area contributed by atoms with Crippen molar-refractivity contribution in [2.24, 2.45) is 0 Å². The van der Waals surface area contributed by atoms with Gasteiger partial charge in [0, 0.05) is 6.54 Å². The number of hydrogen-bond donors (Lipinski definition) is 2. The molecular formula is C24H53NO5S. The van der Waals surface area contributed by atoms with E-state index in [-0.39, 0.29) is 13.2 Å². The molecule has 0 aliphatic heterocycles. The van der Waals surface area contributed by atoms with Crippen molar-refractivity contribution in [2.75, 3.05) is 32.8 Å². The lowest BCUT2D eigenvalue weighted by Gasteiger charge is -2.15. The van der Waals surface area contributed by atoms with Crippen molar-refractivity contribution in [3.05, 3.63) is 0 Å². The molecule has 2 N–H and O–H groups in total. The van der Waals surface area contributed by atoms with Gasteiger partial charge in [0.2, 0.25) is 0 Å². The first-order valence-corrected chi connectivity index (χ1v) is 14.2. The zero-order valence-electron chi connectivity index (χ0n) is 20.8. The third-order valence-electron chi connectivity index (χ3n) is 5.54. The van der Waals surface area contributed by atoms with E-state index >= 15 is 0 Å². The van der Waals surface area contributed by atoms with Gasteiger partial charge in [-0.15, -0.1) is 0 Å². The van der Waals surface area contributed by atoms with E-state index in [9.17, 15) is 8.42 Å². The maximum atomic E-state index is 10.3. The molecule has 0 aromatic heterocycles. The van der Waals surface area contributed by atoms with Crippen LogP contribution in [0.2, 0.25) is 0 Å². The Hall–Kier alpha value is -0.210. The largest absolute Gasteiger partial charge is 0.397 e. The van der Waals surface area contributed by atoms with Crippen molar-refractivity contribution in [3.63, 3.8) is 0 Å². The van der Waals surface area contributed by atoms with Gasteiger partial charge in [0.1, 0.15) is 0 Å². The fourth-order valence-electron chi connectivity index (χ4n) is 3.50. The summed E-state index contributed by atoms with van der Waals surface area (Å²) >= 11 is 0. The molecule has 190 valence electrons. The molecule has 6 nitrogen and oxygen atoms in total. The SMILES string of the molecule is CCCCCCCCCCCCCCCCCCOS(=O)(=O)O.CCN(CC)CCO. The maximum Gasteiger partial charge on any atom is 0.397 e. The molecule has 0 fully saturated rings. The van der Waals surface area contributed by atoms with E-state index in [0.29, 0.717) is 6.42 Å². The van der Waals surface area contributed by atoms with Gasteiger partial charge in [0.25, 0.3) is 0 Å². The van der Waals surface area contributed by atoms with Gasteiger partial charge in [0.15, 0.2) is 0 Å². The minimum Gasteiger partial charge on any atom is -0.395 e. The van der Waals surface area contributed by atoms with Gasteiger partial charge >= 0.3 is 10.4 Å². The van der Waals surface area contributed by atoms with Gasteiger partial charge in [-0.3, -0.25) is 4.55 Å². The van der Waals surface area contributed by atoms with Crippen LogP contribution in [0.4, 0.5) is 0 Å². The van der Waals surface area contributed by atoms with Crippen molar-refractivity contribution in [1.29, 1.82) is 0 Å². The van der Waals surface area contributed by atoms with Crippen molar-refractivity contribution in [1.82, 2.24) is 4.90 Å². The molecule has 31 heavy (non-hydrogen) atoms. The van der Waals surface area contributed by atoms with Crippen LogP contribution in [0.25, 0.3) is 0 Å². The van der Waals surface area contributed by atoms with Crippen LogP contribution >= 0.6 is 0 Å². The predicted molar refractivity (Wildman–Crippen MR) is 132 cm³/mol. The van der Waals surface area contributed by atoms with Gasteiger partial charge in [0.05, 0.1) is 13.2 Å². The summed E-state index contributed by atoms with van der Waals surface area (Å²) in [4.78, 5) is 2.18. The molecule has 0 rings (SSSR count). The normalized spacial score (nSPS) is 11.5. The summed E-state index contributed by atoms with van der Waals surface area (Å²) in [5.41, 5.74) is 0. The fourth-order valence-corrected chi connectivity index (χ4v) is 3.82. The Balaban J connectivity index is 0. The lowest BCUT2D eigenvalue weighted by molar-refractivity contribution is 0.208. The Morgan fingerprint density at radius 2 is 1.00 bits per heavy atom. The number of likely N-dealkylation sites (N-methyl/N-ethyl adjacent to an activating group) is 1. The van der Waals surface area contributed by atoms with Crippen LogP contribution in [-0.2, 0) is 14.6 Å². The zero-order chi connectivity index (χ0) is 23.6. The fraction of sp³-hybridized carbons (Fsp3) is 1.00. The van der Waals surface area contributed by atoms with Crippen LogP contribution in [0.15, 0.2) is 0 Å². The highest BCUT2D eigenvalue weighted by Gasteiger charge is 2.02. The second-order valence-corrected chi connectivity index (χ2v) is 9.39. The highest BCUT2D eigenvalue weighted by Crippen LogP contribution is 2.13. The molecule has 0 aromatic rings. The van der Waals surface area contributed by atoms with E-state index in [2.05, 4.69) is 29.9 Å². The molecule has 0 unspecified atom stereocenters. The molecule has 0 radical (unpaired) electrons. The average Bonchev–Trinajstić information content (AvgIpc) is 2.74. The first-order chi connectivity index (χ1) is 14.9. The standard InChI is InChI=1S/C18H38O4S.C6H15NO/c1-2-3-4-5-6-7-8-9-10-11-12-13-14-15-16-17-18-22-23(19,20)21;1-3-7(4-2)5-6-8/h2-18H2,1H3,(H,19,20,21);8H,3-6H2,1-2H3. The average molecular weight is 468 g/mol. The summed E-state index contributed by atoms with van der Waals surface area (Å²) in [6.45, 7) is 9.72. The summed E-state index contributed by atoms with van der Waals surface area (Å²) in [7, 11) is -4.24. The first-order valence-electron chi connectivity index (χ1n) is 12.9. The zero-order valence-corrected chi connectivity index (χ0v) is 21.6. The molecule has 0 saturated heterocycles. The maximum absolute atomic E-state index is 10.3. The van der Waals surface area contributed by atoms with Crippen LogP contribution in [0, 0.1) is 0 Å². The highest BCUT2D eigenvalue weighted by atomic mass is 32.3. The molecule has 0 aliphatic carbocycles.